The minimum absolute atomic E-state index is 0.123. The van der Waals surface area contributed by atoms with Gasteiger partial charge in [0.1, 0.15) is 6.10 Å². The topological polar surface area (TPSA) is 92.7 Å². The number of hydrogen-bond donors (Lipinski definition) is 0. The third kappa shape index (κ3) is 5.10. The molecule has 1 aromatic heterocycles. The van der Waals surface area contributed by atoms with E-state index in [2.05, 4.69) is 9.97 Å². The molecule has 3 heterocycles. The normalized spacial score (nSPS) is 20.2. The van der Waals surface area contributed by atoms with Crippen LogP contribution in [0.2, 0.25) is 0 Å². The molecular formula is C23H30N4O4S. The number of ether oxygens (including phenoxy) is 1. The van der Waals surface area contributed by atoms with Crippen LogP contribution in [0, 0.1) is 0 Å². The Hall–Kier alpha value is -2.52. The summed E-state index contributed by atoms with van der Waals surface area (Å²) in [6, 6.07) is 6.62. The standard InChI is InChI=1S/C23H30N4O4S/c1-2-18-15-24-23(25-16-18)31-20-7-6-12-26(17-20)22(28)19-8-10-21(11-9-19)32(29,30)27-13-4-3-5-14-27/h8-11,15-16,20H,2-7,12-14,17H2,1H3. The van der Waals surface area contributed by atoms with Crippen molar-refractivity contribution in [2.45, 2.75) is 56.4 Å². The first-order chi connectivity index (χ1) is 15.5. The zero-order chi connectivity index (χ0) is 22.6. The lowest BCUT2D eigenvalue weighted by molar-refractivity contribution is 0.0515. The predicted octanol–water partition coefficient (Wildman–Crippen LogP) is 2.90. The van der Waals surface area contributed by atoms with E-state index in [1.54, 1.807) is 29.4 Å². The Morgan fingerprint density at radius 1 is 1.03 bits per heavy atom. The highest BCUT2D eigenvalue weighted by Crippen LogP contribution is 2.22. The summed E-state index contributed by atoms with van der Waals surface area (Å²) in [7, 11) is -3.50. The highest BCUT2D eigenvalue weighted by atomic mass is 32.2. The molecule has 2 fully saturated rings. The number of aryl methyl sites for hydroxylation is 1. The van der Waals surface area contributed by atoms with Gasteiger partial charge in [0, 0.05) is 37.6 Å². The number of hydrogen-bond acceptors (Lipinski definition) is 6. The summed E-state index contributed by atoms with van der Waals surface area (Å²) in [5.74, 6) is -0.123. The summed E-state index contributed by atoms with van der Waals surface area (Å²) in [5, 5.41) is 0. The van der Waals surface area contributed by atoms with E-state index >= 15 is 0 Å². The van der Waals surface area contributed by atoms with E-state index in [0.717, 1.165) is 44.1 Å². The van der Waals surface area contributed by atoms with Gasteiger partial charge in [-0.25, -0.2) is 18.4 Å². The van der Waals surface area contributed by atoms with Crippen molar-refractivity contribution in [2.24, 2.45) is 0 Å². The van der Waals surface area contributed by atoms with Gasteiger partial charge in [-0.15, -0.1) is 0 Å². The molecule has 8 nitrogen and oxygen atoms in total. The van der Waals surface area contributed by atoms with E-state index in [-0.39, 0.29) is 16.9 Å². The summed E-state index contributed by atoms with van der Waals surface area (Å²) in [5.41, 5.74) is 1.52. The Bertz CT molecular complexity index is 1020. The van der Waals surface area contributed by atoms with E-state index in [1.807, 2.05) is 6.92 Å². The molecule has 4 rings (SSSR count). The Morgan fingerprint density at radius 2 is 1.72 bits per heavy atom. The lowest BCUT2D eigenvalue weighted by Gasteiger charge is -2.32. The average molecular weight is 459 g/mol. The maximum atomic E-state index is 13.0. The molecule has 0 saturated carbocycles. The van der Waals surface area contributed by atoms with Crippen molar-refractivity contribution < 1.29 is 17.9 Å². The van der Waals surface area contributed by atoms with Crippen molar-refractivity contribution in [1.29, 1.82) is 0 Å². The largest absolute Gasteiger partial charge is 0.458 e. The number of piperidine rings is 2. The fourth-order valence-electron chi connectivity index (χ4n) is 4.16. The van der Waals surface area contributed by atoms with Crippen LogP contribution in [0.4, 0.5) is 0 Å². The van der Waals surface area contributed by atoms with Crippen molar-refractivity contribution >= 4 is 15.9 Å². The van der Waals surface area contributed by atoms with E-state index in [0.29, 0.717) is 37.8 Å². The first-order valence-electron chi connectivity index (χ1n) is 11.3. The van der Waals surface area contributed by atoms with Crippen molar-refractivity contribution in [3.05, 3.63) is 47.8 Å². The second-order valence-corrected chi connectivity index (χ2v) is 10.3. The molecule has 1 unspecified atom stereocenters. The molecule has 2 aliphatic rings. The van der Waals surface area contributed by atoms with E-state index < -0.39 is 10.0 Å². The number of rotatable bonds is 6. The van der Waals surface area contributed by atoms with Crippen LogP contribution in [-0.2, 0) is 16.4 Å². The van der Waals surface area contributed by atoms with Gasteiger partial charge < -0.3 is 9.64 Å². The quantitative estimate of drug-likeness (QED) is 0.661. The molecule has 2 saturated heterocycles. The number of benzene rings is 1. The van der Waals surface area contributed by atoms with Crippen molar-refractivity contribution in [3.63, 3.8) is 0 Å². The summed E-state index contributed by atoms with van der Waals surface area (Å²) >= 11 is 0. The molecule has 172 valence electrons. The van der Waals surface area contributed by atoms with Gasteiger partial charge in [-0.05, 0) is 61.9 Å². The molecule has 9 heteroatoms. The van der Waals surface area contributed by atoms with Gasteiger partial charge in [-0.2, -0.15) is 4.31 Å². The number of aromatic nitrogens is 2. The fourth-order valence-corrected chi connectivity index (χ4v) is 5.68. The van der Waals surface area contributed by atoms with Gasteiger partial charge in [0.15, 0.2) is 0 Å². The van der Waals surface area contributed by atoms with E-state index in [4.69, 9.17) is 4.74 Å². The Labute approximate surface area is 189 Å². The second kappa shape index (κ2) is 9.95. The summed E-state index contributed by atoms with van der Waals surface area (Å²) in [6.07, 6.45) is 8.71. The van der Waals surface area contributed by atoms with Crippen molar-refractivity contribution in [1.82, 2.24) is 19.2 Å². The molecule has 1 aromatic carbocycles. The zero-order valence-electron chi connectivity index (χ0n) is 18.4. The molecular weight excluding hydrogens is 428 g/mol. The first-order valence-corrected chi connectivity index (χ1v) is 12.8. The first kappa shape index (κ1) is 22.7. The smallest absolute Gasteiger partial charge is 0.316 e. The van der Waals surface area contributed by atoms with Crippen LogP contribution in [-0.4, -0.2) is 65.8 Å². The Morgan fingerprint density at radius 3 is 2.38 bits per heavy atom. The van der Waals surface area contributed by atoms with Crippen LogP contribution in [0.5, 0.6) is 6.01 Å². The summed E-state index contributed by atoms with van der Waals surface area (Å²) in [6.45, 7) is 4.25. The lowest BCUT2D eigenvalue weighted by atomic mass is 10.1. The van der Waals surface area contributed by atoms with Gasteiger partial charge in [0.2, 0.25) is 10.0 Å². The average Bonchev–Trinajstić information content (AvgIpc) is 2.85. The van der Waals surface area contributed by atoms with Crippen LogP contribution in [0.15, 0.2) is 41.6 Å². The van der Waals surface area contributed by atoms with Gasteiger partial charge >= 0.3 is 6.01 Å². The van der Waals surface area contributed by atoms with Crippen molar-refractivity contribution in [3.8, 4) is 6.01 Å². The van der Waals surface area contributed by atoms with E-state index in [9.17, 15) is 13.2 Å². The molecule has 0 N–H and O–H groups in total. The fraction of sp³-hybridized carbons (Fsp3) is 0.522. The monoisotopic (exact) mass is 458 g/mol. The third-order valence-electron chi connectivity index (χ3n) is 6.08. The molecule has 2 aliphatic heterocycles. The second-order valence-electron chi connectivity index (χ2n) is 8.35. The zero-order valence-corrected chi connectivity index (χ0v) is 19.3. The number of sulfonamides is 1. The van der Waals surface area contributed by atoms with Crippen molar-refractivity contribution in [2.75, 3.05) is 26.2 Å². The van der Waals surface area contributed by atoms with Gasteiger partial charge in [-0.1, -0.05) is 13.3 Å². The van der Waals surface area contributed by atoms with Crippen LogP contribution >= 0.6 is 0 Å². The maximum Gasteiger partial charge on any atom is 0.316 e. The number of carbonyl (C=O) groups is 1. The predicted molar refractivity (Wildman–Crippen MR) is 120 cm³/mol. The van der Waals surface area contributed by atoms with Gasteiger partial charge in [0.05, 0.1) is 11.4 Å². The van der Waals surface area contributed by atoms with Crippen LogP contribution in [0.1, 0.15) is 54.9 Å². The minimum Gasteiger partial charge on any atom is -0.458 e. The maximum absolute atomic E-state index is 13.0. The van der Waals surface area contributed by atoms with Gasteiger partial charge in [-0.3, -0.25) is 4.79 Å². The molecule has 1 amide bonds. The highest BCUT2D eigenvalue weighted by molar-refractivity contribution is 7.89. The summed E-state index contributed by atoms with van der Waals surface area (Å²) < 4.78 is 33.1. The lowest BCUT2D eigenvalue weighted by Crippen LogP contribution is -2.44. The van der Waals surface area contributed by atoms with E-state index in [1.165, 1.54) is 16.4 Å². The Balaban J connectivity index is 1.39. The van der Waals surface area contributed by atoms with Crippen LogP contribution in [0.25, 0.3) is 0 Å². The number of carbonyl (C=O) groups excluding carboxylic acids is 1. The molecule has 32 heavy (non-hydrogen) atoms. The number of nitrogens with zero attached hydrogens (tertiary/aromatic N) is 4. The Kier molecular flexibility index (Phi) is 7.05. The molecule has 0 radical (unpaired) electrons. The highest BCUT2D eigenvalue weighted by Gasteiger charge is 2.28. The van der Waals surface area contributed by atoms with Crippen LogP contribution in [0.3, 0.4) is 0 Å². The minimum atomic E-state index is -3.50. The molecule has 0 aliphatic carbocycles. The SMILES string of the molecule is CCc1cnc(OC2CCCN(C(=O)c3ccc(S(=O)(=O)N4CCCCC4)cc3)C2)nc1. The number of likely N-dealkylation sites (tertiary alicyclic amines) is 1. The summed E-state index contributed by atoms with van der Waals surface area (Å²) in [4.78, 5) is 23.5. The molecule has 1 atom stereocenters. The molecule has 0 spiro atoms. The third-order valence-corrected chi connectivity index (χ3v) is 7.99. The molecule has 2 aromatic rings. The number of amides is 1. The molecule has 0 bridgehead atoms. The van der Waals surface area contributed by atoms with Crippen LogP contribution < -0.4 is 4.74 Å². The van der Waals surface area contributed by atoms with Gasteiger partial charge in [0.25, 0.3) is 5.91 Å².